The van der Waals surface area contributed by atoms with Crippen LogP contribution in [0, 0.1) is 0 Å². The zero-order chi connectivity index (χ0) is 23.5. The molecule has 0 atom stereocenters. The van der Waals surface area contributed by atoms with Crippen molar-refractivity contribution in [3.05, 3.63) is 83.5 Å². The summed E-state index contributed by atoms with van der Waals surface area (Å²) < 4.78 is 2.76. The molecule has 2 aromatic carbocycles. The van der Waals surface area contributed by atoms with Gasteiger partial charge in [0, 0.05) is 34.2 Å². The number of rotatable bonds is 6. The number of anilines is 1. The number of pyridine rings is 2. The number of fused-ring (bicyclic) bond motifs is 1. The van der Waals surface area contributed by atoms with Crippen LogP contribution >= 0.6 is 27.7 Å². The molecule has 0 fully saturated rings. The maximum Gasteiger partial charge on any atom is 0.236 e. The van der Waals surface area contributed by atoms with Gasteiger partial charge in [-0.05, 0) is 40.2 Å². The van der Waals surface area contributed by atoms with Crippen molar-refractivity contribution in [2.75, 3.05) is 11.1 Å². The first-order chi connectivity index (χ1) is 16.6. The molecule has 0 radical (unpaired) electrons. The normalized spacial score (nSPS) is 11.0. The van der Waals surface area contributed by atoms with Crippen LogP contribution in [0.25, 0.3) is 33.5 Å². The number of carbonyl (C=O) groups is 1. The van der Waals surface area contributed by atoms with E-state index in [1.165, 1.54) is 11.8 Å². The molecule has 5 aromatic rings. The Morgan fingerprint density at radius 1 is 1.03 bits per heavy atom. The molecular weight excluding hydrogens is 512 g/mol. The minimum atomic E-state index is -0.162. The number of amides is 1. The highest BCUT2D eigenvalue weighted by molar-refractivity contribution is 9.10. The van der Waals surface area contributed by atoms with Crippen molar-refractivity contribution in [2.45, 2.75) is 5.16 Å². The van der Waals surface area contributed by atoms with E-state index in [4.69, 9.17) is 4.98 Å². The third kappa shape index (κ3) is 4.71. The molecule has 0 saturated heterocycles. The van der Waals surface area contributed by atoms with E-state index in [9.17, 15) is 4.79 Å². The summed E-state index contributed by atoms with van der Waals surface area (Å²) in [6.07, 6.45) is 1.64. The average Bonchev–Trinajstić information content (AvgIpc) is 3.24. The molecule has 9 heteroatoms. The molecule has 3 heterocycles. The predicted octanol–water partition coefficient (Wildman–Crippen LogP) is 5.59. The average molecular weight is 531 g/mol. The van der Waals surface area contributed by atoms with Gasteiger partial charge in [0.1, 0.15) is 5.82 Å². The highest BCUT2D eigenvalue weighted by atomic mass is 79.9. The second-order valence-corrected chi connectivity index (χ2v) is 9.36. The van der Waals surface area contributed by atoms with Gasteiger partial charge in [0.2, 0.25) is 5.91 Å². The molecule has 0 aliphatic heterocycles. The molecule has 34 heavy (non-hydrogen) atoms. The maximum atomic E-state index is 12.4. The fourth-order valence-corrected chi connectivity index (χ4v) is 4.50. The number of para-hydroxylation sites is 1. The molecule has 1 amide bonds. The van der Waals surface area contributed by atoms with Gasteiger partial charge < -0.3 is 9.88 Å². The van der Waals surface area contributed by atoms with Gasteiger partial charge >= 0.3 is 0 Å². The van der Waals surface area contributed by atoms with Crippen molar-refractivity contribution in [3.8, 4) is 22.6 Å². The van der Waals surface area contributed by atoms with E-state index in [0.29, 0.717) is 16.8 Å². The van der Waals surface area contributed by atoms with E-state index in [1.54, 1.807) is 12.3 Å². The van der Waals surface area contributed by atoms with Gasteiger partial charge in [-0.15, -0.1) is 10.2 Å². The molecule has 0 saturated carbocycles. The number of halogens is 1. The summed E-state index contributed by atoms with van der Waals surface area (Å²) in [5.74, 6) is 1.25. The number of nitrogens with one attached hydrogen (secondary N) is 1. The molecule has 1 N–H and O–H groups in total. The maximum absolute atomic E-state index is 12.4. The molecule has 7 nitrogen and oxygen atoms in total. The van der Waals surface area contributed by atoms with Crippen molar-refractivity contribution in [3.63, 3.8) is 0 Å². The summed E-state index contributed by atoms with van der Waals surface area (Å²) in [5, 5.41) is 13.2. The number of carbonyl (C=O) groups excluding carboxylic acids is 1. The fraction of sp³-hybridized carbons (Fsp3) is 0.0800. The first kappa shape index (κ1) is 22.2. The monoisotopic (exact) mass is 530 g/mol. The zero-order valence-electron chi connectivity index (χ0n) is 18.1. The summed E-state index contributed by atoms with van der Waals surface area (Å²) in [4.78, 5) is 21.4. The van der Waals surface area contributed by atoms with Crippen LogP contribution in [0.3, 0.4) is 0 Å². The highest BCUT2D eigenvalue weighted by Gasteiger charge is 2.17. The summed E-state index contributed by atoms with van der Waals surface area (Å²) >= 11 is 4.66. The van der Waals surface area contributed by atoms with Gasteiger partial charge in [0.15, 0.2) is 11.0 Å². The van der Waals surface area contributed by atoms with Crippen molar-refractivity contribution in [1.29, 1.82) is 0 Å². The molecule has 0 bridgehead atoms. The second-order valence-electron chi connectivity index (χ2n) is 7.50. The molecule has 0 aliphatic rings. The van der Waals surface area contributed by atoms with Crippen LogP contribution in [0.4, 0.5) is 5.82 Å². The van der Waals surface area contributed by atoms with Crippen LogP contribution in [0.15, 0.2) is 88.6 Å². The molecule has 0 spiro atoms. The van der Waals surface area contributed by atoms with E-state index in [1.807, 2.05) is 78.3 Å². The molecule has 3 aromatic heterocycles. The van der Waals surface area contributed by atoms with Gasteiger partial charge in [-0.25, -0.2) is 9.97 Å². The molecule has 0 aliphatic carbocycles. The fourth-order valence-electron chi connectivity index (χ4n) is 3.55. The number of nitrogens with zero attached hydrogens (tertiary/aromatic N) is 5. The lowest BCUT2D eigenvalue weighted by atomic mass is 10.0. The summed E-state index contributed by atoms with van der Waals surface area (Å²) in [5.41, 5.74) is 3.73. The van der Waals surface area contributed by atoms with Gasteiger partial charge in [-0.1, -0.05) is 60.3 Å². The zero-order valence-corrected chi connectivity index (χ0v) is 20.5. The van der Waals surface area contributed by atoms with Gasteiger partial charge in [-0.2, -0.15) is 0 Å². The number of hydrogen-bond acceptors (Lipinski definition) is 6. The predicted molar refractivity (Wildman–Crippen MR) is 138 cm³/mol. The van der Waals surface area contributed by atoms with E-state index >= 15 is 0 Å². The molecular formula is C25H19BrN6OS. The van der Waals surface area contributed by atoms with Crippen molar-refractivity contribution in [1.82, 2.24) is 24.7 Å². The Hall–Kier alpha value is -3.56. The first-order valence-electron chi connectivity index (χ1n) is 10.5. The molecule has 0 unspecified atom stereocenters. The Bertz CT molecular complexity index is 1470. The topological polar surface area (TPSA) is 85.6 Å². The third-order valence-corrected chi connectivity index (χ3v) is 6.68. The lowest BCUT2D eigenvalue weighted by Gasteiger charge is -2.10. The largest absolute Gasteiger partial charge is 0.310 e. The lowest BCUT2D eigenvalue weighted by Crippen LogP contribution is -2.15. The standard InChI is InChI=1S/C25H19BrN6OS/c1-32-24(30-31-25(32)34-15-23(33)29-22-12-11-17(26)14-27-22)19-13-21(16-7-3-2-4-8-16)28-20-10-6-5-9-18(19)20/h2-14H,15H2,1H3,(H,27,29,33). The van der Waals surface area contributed by atoms with E-state index in [0.717, 1.165) is 32.2 Å². The number of benzene rings is 2. The minimum Gasteiger partial charge on any atom is -0.310 e. The van der Waals surface area contributed by atoms with Gasteiger partial charge in [0.05, 0.1) is 17.0 Å². The number of hydrogen-bond donors (Lipinski definition) is 1. The van der Waals surface area contributed by atoms with Crippen LogP contribution in [-0.4, -0.2) is 36.4 Å². The lowest BCUT2D eigenvalue weighted by molar-refractivity contribution is -0.113. The first-order valence-corrected chi connectivity index (χ1v) is 12.3. The number of thioether (sulfide) groups is 1. The van der Waals surface area contributed by atoms with Crippen LogP contribution < -0.4 is 5.32 Å². The SMILES string of the molecule is Cn1c(SCC(=O)Nc2ccc(Br)cn2)nnc1-c1cc(-c2ccccc2)nc2ccccc12. The summed E-state index contributed by atoms with van der Waals surface area (Å²) in [6.45, 7) is 0. The Kier molecular flexibility index (Phi) is 6.37. The van der Waals surface area contributed by atoms with Crippen LogP contribution in [0.5, 0.6) is 0 Å². The van der Waals surface area contributed by atoms with Crippen LogP contribution in [0.2, 0.25) is 0 Å². The van der Waals surface area contributed by atoms with Crippen molar-refractivity contribution < 1.29 is 4.79 Å². The minimum absolute atomic E-state index is 0.162. The smallest absolute Gasteiger partial charge is 0.236 e. The van der Waals surface area contributed by atoms with Crippen molar-refractivity contribution >= 4 is 50.3 Å². The van der Waals surface area contributed by atoms with E-state index in [2.05, 4.69) is 36.4 Å². The summed E-state index contributed by atoms with van der Waals surface area (Å²) in [6, 6.07) is 23.7. The molecule has 5 rings (SSSR count). The summed E-state index contributed by atoms with van der Waals surface area (Å²) in [7, 11) is 1.91. The Morgan fingerprint density at radius 3 is 2.62 bits per heavy atom. The van der Waals surface area contributed by atoms with Crippen molar-refractivity contribution in [2.24, 2.45) is 7.05 Å². The van der Waals surface area contributed by atoms with Gasteiger partial charge in [0.25, 0.3) is 0 Å². The van der Waals surface area contributed by atoms with Gasteiger partial charge in [-0.3, -0.25) is 4.79 Å². The van der Waals surface area contributed by atoms with E-state index < -0.39 is 0 Å². The number of aromatic nitrogens is 5. The quantitative estimate of drug-likeness (QED) is 0.288. The Balaban J connectivity index is 1.42. The van der Waals surface area contributed by atoms with Crippen LogP contribution in [-0.2, 0) is 11.8 Å². The molecule has 168 valence electrons. The third-order valence-electron chi connectivity index (χ3n) is 5.19. The van der Waals surface area contributed by atoms with E-state index in [-0.39, 0.29) is 11.7 Å². The Morgan fingerprint density at radius 2 is 1.82 bits per heavy atom. The van der Waals surface area contributed by atoms with Crippen LogP contribution in [0.1, 0.15) is 0 Å². The highest BCUT2D eigenvalue weighted by Crippen LogP contribution is 2.32. The second kappa shape index (κ2) is 9.74. The Labute approximate surface area is 208 Å².